The fourth-order valence-electron chi connectivity index (χ4n) is 3.23. The predicted octanol–water partition coefficient (Wildman–Crippen LogP) is 2.83. The zero-order chi connectivity index (χ0) is 13.9. The Labute approximate surface area is 116 Å². The van der Waals surface area contributed by atoms with E-state index in [-0.39, 0.29) is 11.5 Å². The highest BCUT2D eigenvalue weighted by Gasteiger charge is 2.35. The smallest absolute Gasteiger partial charge is 0.208 e. The average Bonchev–Trinajstić information content (AvgIpc) is 2.39. The summed E-state index contributed by atoms with van der Waals surface area (Å²) >= 11 is 0. The van der Waals surface area contributed by atoms with E-state index in [1.165, 1.54) is 11.8 Å². The van der Waals surface area contributed by atoms with E-state index in [2.05, 4.69) is 35.9 Å². The summed E-state index contributed by atoms with van der Waals surface area (Å²) in [7, 11) is -3.08. The Kier molecular flexibility index (Phi) is 4.31. The van der Waals surface area contributed by atoms with E-state index >= 15 is 0 Å². The summed E-state index contributed by atoms with van der Waals surface area (Å²) in [6, 6.07) is 10.7. The third-order valence-corrected chi connectivity index (χ3v) is 5.15. The van der Waals surface area contributed by atoms with Crippen molar-refractivity contribution in [1.82, 2.24) is 4.72 Å². The SMILES string of the molecule is CCC1(c2ccccc2)CCC(NS(C)(=O)=O)CC1. The highest BCUT2D eigenvalue weighted by Crippen LogP contribution is 2.42. The second-order valence-corrected chi connectivity index (χ2v) is 7.44. The van der Waals surface area contributed by atoms with Gasteiger partial charge in [-0.05, 0) is 43.1 Å². The van der Waals surface area contributed by atoms with Gasteiger partial charge in [0.05, 0.1) is 6.26 Å². The van der Waals surface area contributed by atoms with Gasteiger partial charge >= 0.3 is 0 Å². The molecule has 0 radical (unpaired) electrons. The number of hydrogen-bond donors (Lipinski definition) is 1. The van der Waals surface area contributed by atoms with Gasteiger partial charge in [-0.25, -0.2) is 13.1 Å². The third-order valence-electron chi connectivity index (χ3n) is 4.39. The van der Waals surface area contributed by atoms with Crippen molar-refractivity contribution in [2.75, 3.05) is 6.26 Å². The van der Waals surface area contributed by atoms with E-state index in [9.17, 15) is 8.42 Å². The number of sulfonamides is 1. The van der Waals surface area contributed by atoms with Crippen molar-refractivity contribution in [1.29, 1.82) is 0 Å². The highest BCUT2D eigenvalue weighted by atomic mass is 32.2. The molecule has 1 aliphatic rings. The molecule has 2 rings (SSSR count). The Hall–Kier alpha value is -0.870. The van der Waals surface area contributed by atoms with E-state index in [1.807, 2.05) is 6.07 Å². The average molecular weight is 281 g/mol. The molecule has 0 aromatic heterocycles. The summed E-state index contributed by atoms with van der Waals surface area (Å²) in [5, 5.41) is 0. The monoisotopic (exact) mass is 281 g/mol. The molecule has 0 spiro atoms. The minimum Gasteiger partial charge on any atom is -0.213 e. The minimum absolute atomic E-state index is 0.110. The zero-order valence-corrected chi connectivity index (χ0v) is 12.5. The van der Waals surface area contributed by atoms with Crippen LogP contribution in [0, 0.1) is 0 Å². The molecule has 0 saturated heterocycles. The molecule has 19 heavy (non-hydrogen) atoms. The largest absolute Gasteiger partial charge is 0.213 e. The van der Waals surface area contributed by atoms with Gasteiger partial charge in [0, 0.05) is 6.04 Å². The number of nitrogens with one attached hydrogen (secondary N) is 1. The fraction of sp³-hybridized carbons (Fsp3) is 0.600. The molecule has 0 unspecified atom stereocenters. The third kappa shape index (κ3) is 3.57. The first-order valence-electron chi connectivity index (χ1n) is 6.98. The van der Waals surface area contributed by atoms with Crippen LogP contribution in [0.2, 0.25) is 0 Å². The van der Waals surface area contributed by atoms with Crippen molar-refractivity contribution in [3.05, 3.63) is 35.9 Å². The Morgan fingerprint density at radius 3 is 2.26 bits per heavy atom. The number of rotatable bonds is 4. The molecule has 1 N–H and O–H groups in total. The minimum atomic E-state index is -3.08. The van der Waals surface area contributed by atoms with E-state index < -0.39 is 10.0 Å². The van der Waals surface area contributed by atoms with Crippen molar-refractivity contribution in [2.24, 2.45) is 0 Å². The summed E-state index contributed by atoms with van der Waals surface area (Å²) in [5.41, 5.74) is 1.63. The molecule has 1 saturated carbocycles. The molecule has 0 amide bonds. The molecule has 3 nitrogen and oxygen atoms in total. The van der Waals surface area contributed by atoms with Gasteiger partial charge < -0.3 is 0 Å². The van der Waals surface area contributed by atoms with Crippen LogP contribution in [0.4, 0.5) is 0 Å². The molecule has 0 atom stereocenters. The Bertz CT molecular complexity index is 502. The van der Waals surface area contributed by atoms with Gasteiger partial charge in [0.15, 0.2) is 0 Å². The van der Waals surface area contributed by atoms with Crippen LogP contribution in [0.25, 0.3) is 0 Å². The van der Waals surface area contributed by atoms with Crippen molar-refractivity contribution < 1.29 is 8.42 Å². The predicted molar refractivity (Wildman–Crippen MR) is 78.6 cm³/mol. The normalized spacial score (nSPS) is 28.2. The quantitative estimate of drug-likeness (QED) is 0.922. The van der Waals surface area contributed by atoms with Gasteiger partial charge in [-0.2, -0.15) is 0 Å². The summed E-state index contributed by atoms with van der Waals surface area (Å²) < 4.78 is 25.3. The van der Waals surface area contributed by atoms with Gasteiger partial charge in [-0.3, -0.25) is 0 Å². The van der Waals surface area contributed by atoms with Gasteiger partial charge in [-0.15, -0.1) is 0 Å². The van der Waals surface area contributed by atoms with Crippen molar-refractivity contribution in [3.8, 4) is 0 Å². The van der Waals surface area contributed by atoms with Crippen LogP contribution >= 0.6 is 0 Å². The summed E-state index contributed by atoms with van der Waals surface area (Å²) in [4.78, 5) is 0. The summed E-state index contributed by atoms with van der Waals surface area (Å²) in [6.07, 6.45) is 6.32. The molecule has 4 heteroatoms. The number of benzene rings is 1. The second-order valence-electron chi connectivity index (χ2n) is 5.66. The zero-order valence-electron chi connectivity index (χ0n) is 11.7. The van der Waals surface area contributed by atoms with E-state index in [1.54, 1.807) is 0 Å². The second kappa shape index (κ2) is 5.63. The first kappa shape index (κ1) is 14.5. The maximum absolute atomic E-state index is 11.3. The molecular weight excluding hydrogens is 258 g/mol. The Morgan fingerprint density at radius 2 is 1.79 bits per heavy atom. The fourth-order valence-corrected chi connectivity index (χ4v) is 4.07. The maximum atomic E-state index is 11.3. The van der Waals surface area contributed by atoms with Gasteiger partial charge in [0.1, 0.15) is 0 Å². The van der Waals surface area contributed by atoms with Gasteiger partial charge in [0.25, 0.3) is 0 Å². The molecule has 106 valence electrons. The van der Waals surface area contributed by atoms with Crippen LogP contribution in [-0.4, -0.2) is 20.7 Å². The van der Waals surface area contributed by atoms with Crippen LogP contribution in [0.1, 0.15) is 44.6 Å². The molecule has 0 heterocycles. The Morgan fingerprint density at radius 1 is 1.21 bits per heavy atom. The maximum Gasteiger partial charge on any atom is 0.208 e. The van der Waals surface area contributed by atoms with Crippen LogP contribution in [0.5, 0.6) is 0 Å². The van der Waals surface area contributed by atoms with Crippen LogP contribution in [0.15, 0.2) is 30.3 Å². The lowest BCUT2D eigenvalue weighted by molar-refractivity contribution is 0.253. The molecule has 1 aromatic carbocycles. The van der Waals surface area contributed by atoms with Gasteiger partial charge in [0.2, 0.25) is 10.0 Å². The first-order chi connectivity index (χ1) is 8.95. The lowest BCUT2D eigenvalue weighted by Gasteiger charge is -2.40. The summed E-state index contributed by atoms with van der Waals surface area (Å²) in [5.74, 6) is 0. The van der Waals surface area contributed by atoms with Crippen LogP contribution in [0.3, 0.4) is 0 Å². The standard InChI is InChI=1S/C15H23NO2S/c1-3-15(13-7-5-4-6-8-13)11-9-14(10-12-15)16-19(2,17)18/h4-8,14,16H,3,9-12H2,1-2H3. The van der Waals surface area contributed by atoms with E-state index in [0.717, 1.165) is 32.1 Å². The first-order valence-corrected chi connectivity index (χ1v) is 8.87. The number of hydrogen-bond acceptors (Lipinski definition) is 2. The molecule has 0 aliphatic heterocycles. The topological polar surface area (TPSA) is 46.2 Å². The van der Waals surface area contributed by atoms with Gasteiger partial charge in [-0.1, -0.05) is 37.3 Å². The van der Waals surface area contributed by atoms with Crippen LogP contribution in [-0.2, 0) is 15.4 Å². The van der Waals surface area contributed by atoms with Crippen molar-refractivity contribution in [2.45, 2.75) is 50.5 Å². The summed E-state index contributed by atoms with van der Waals surface area (Å²) in [6.45, 7) is 2.23. The van der Waals surface area contributed by atoms with Crippen LogP contribution < -0.4 is 4.72 Å². The molecule has 1 aliphatic carbocycles. The Balaban J connectivity index is 2.08. The molecule has 1 aromatic rings. The van der Waals surface area contributed by atoms with E-state index in [0.29, 0.717) is 0 Å². The molecule has 0 bridgehead atoms. The van der Waals surface area contributed by atoms with Crippen molar-refractivity contribution >= 4 is 10.0 Å². The lowest BCUT2D eigenvalue weighted by Crippen LogP contribution is -2.41. The molecule has 1 fully saturated rings. The molecular formula is C15H23NO2S. The van der Waals surface area contributed by atoms with Crippen molar-refractivity contribution in [3.63, 3.8) is 0 Å². The lowest BCUT2D eigenvalue weighted by atomic mass is 9.67. The highest BCUT2D eigenvalue weighted by molar-refractivity contribution is 7.88. The van der Waals surface area contributed by atoms with E-state index in [4.69, 9.17) is 0 Å².